The van der Waals surface area contributed by atoms with Gasteiger partial charge < -0.3 is 9.64 Å². The summed E-state index contributed by atoms with van der Waals surface area (Å²) in [7, 11) is 0. The van der Waals surface area contributed by atoms with Crippen LogP contribution in [0.5, 0.6) is 5.75 Å². The van der Waals surface area contributed by atoms with E-state index in [1.807, 2.05) is 55.1 Å². The van der Waals surface area contributed by atoms with E-state index in [-0.39, 0.29) is 17.6 Å². The van der Waals surface area contributed by atoms with Crippen molar-refractivity contribution in [3.63, 3.8) is 0 Å². The van der Waals surface area contributed by atoms with Crippen molar-refractivity contribution < 1.29 is 14.3 Å². The normalized spacial score (nSPS) is 20.6. The number of carbonyl (C=O) groups is 2. The summed E-state index contributed by atoms with van der Waals surface area (Å²) >= 11 is 0. The van der Waals surface area contributed by atoms with Crippen molar-refractivity contribution in [3.8, 4) is 5.75 Å². The number of ether oxygens (including phenoxy) is 1. The summed E-state index contributed by atoms with van der Waals surface area (Å²) in [6.07, 6.45) is 3.03. The van der Waals surface area contributed by atoms with Crippen LogP contribution in [-0.2, 0) is 0 Å². The highest BCUT2D eigenvalue weighted by Gasteiger charge is 2.49. The number of hydrogen-bond donors (Lipinski definition) is 1. The molecule has 0 saturated carbocycles. The number of H-pyrrole nitrogens is 1. The Hall–Kier alpha value is -3.15. The number of benzene rings is 2. The molecule has 148 valence electrons. The molecule has 29 heavy (non-hydrogen) atoms. The summed E-state index contributed by atoms with van der Waals surface area (Å²) in [4.78, 5) is 27.9. The molecule has 1 atom stereocenters. The third-order valence-electron chi connectivity index (χ3n) is 6.54. The minimum absolute atomic E-state index is 0.0150. The van der Waals surface area contributed by atoms with Crippen LogP contribution in [0.2, 0.25) is 0 Å². The Morgan fingerprint density at radius 3 is 2.79 bits per heavy atom. The molecule has 2 aromatic carbocycles. The number of nitrogens with one attached hydrogen (secondary N) is 1. The third kappa shape index (κ3) is 2.74. The Morgan fingerprint density at radius 1 is 1.24 bits per heavy atom. The smallest absolute Gasteiger partial charge is 0.253 e. The maximum absolute atomic E-state index is 13.1. The van der Waals surface area contributed by atoms with Gasteiger partial charge in [0, 0.05) is 36.9 Å². The summed E-state index contributed by atoms with van der Waals surface area (Å²) in [5.41, 5.74) is 2.76. The van der Waals surface area contributed by atoms with Crippen LogP contribution in [0, 0.1) is 12.8 Å². The largest absolute Gasteiger partial charge is 0.486 e. The third-order valence-corrected chi connectivity index (χ3v) is 6.54. The van der Waals surface area contributed by atoms with Crippen LogP contribution in [0.15, 0.2) is 42.6 Å². The van der Waals surface area contributed by atoms with Gasteiger partial charge in [-0.15, -0.1) is 0 Å². The molecule has 0 aliphatic carbocycles. The quantitative estimate of drug-likeness (QED) is 0.688. The molecule has 1 saturated heterocycles. The lowest BCUT2D eigenvalue weighted by Gasteiger charge is -2.47. The average Bonchev–Trinajstić information content (AvgIpc) is 3.22. The lowest BCUT2D eigenvalue weighted by molar-refractivity contribution is -0.0345. The highest BCUT2D eigenvalue weighted by Crippen LogP contribution is 2.42. The molecule has 1 spiro atoms. The lowest BCUT2D eigenvalue weighted by Crippen LogP contribution is -2.56. The maximum atomic E-state index is 13.1. The van der Waals surface area contributed by atoms with Crippen LogP contribution < -0.4 is 4.74 Å². The number of aromatic nitrogens is 2. The molecule has 5 rings (SSSR count). The van der Waals surface area contributed by atoms with Crippen LogP contribution in [-0.4, -0.2) is 45.5 Å². The number of aryl methyl sites for hydroxylation is 1. The van der Waals surface area contributed by atoms with Gasteiger partial charge in [-0.05, 0) is 36.8 Å². The van der Waals surface area contributed by atoms with Crippen molar-refractivity contribution in [2.45, 2.75) is 32.3 Å². The van der Waals surface area contributed by atoms with Crippen LogP contribution in [0.3, 0.4) is 0 Å². The Labute approximate surface area is 168 Å². The molecule has 1 aromatic heterocycles. The molecule has 6 heteroatoms. The molecular weight excluding hydrogens is 366 g/mol. The van der Waals surface area contributed by atoms with Crippen LogP contribution in [0.1, 0.15) is 46.0 Å². The molecule has 1 N–H and O–H groups in total. The van der Waals surface area contributed by atoms with Crippen molar-refractivity contribution in [2.75, 3.05) is 13.1 Å². The molecule has 1 fully saturated rings. The van der Waals surface area contributed by atoms with E-state index < -0.39 is 5.60 Å². The van der Waals surface area contributed by atoms with Gasteiger partial charge in [0.05, 0.1) is 23.2 Å². The van der Waals surface area contributed by atoms with Gasteiger partial charge in [0.1, 0.15) is 11.4 Å². The van der Waals surface area contributed by atoms with E-state index >= 15 is 0 Å². The van der Waals surface area contributed by atoms with Crippen molar-refractivity contribution >= 4 is 22.6 Å². The highest BCUT2D eigenvalue weighted by atomic mass is 16.5. The highest BCUT2D eigenvalue weighted by molar-refractivity contribution is 6.02. The lowest BCUT2D eigenvalue weighted by atomic mass is 9.74. The molecule has 0 bridgehead atoms. The monoisotopic (exact) mass is 389 g/mol. The first kappa shape index (κ1) is 17.9. The molecule has 6 nitrogen and oxygen atoms in total. The fourth-order valence-electron chi connectivity index (χ4n) is 4.70. The number of Topliss-reactive ketones (excluding diaryl/α,β-unsaturated/α-hetero) is 1. The predicted octanol–water partition coefficient (Wildman–Crippen LogP) is 3.76. The number of nitrogens with zero attached hydrogens (tertiary/aromatic N) is 2. The molecule has 1 unspecified atom stereocenters. The minimum atomic E-state index is -0.535. The zero-order chi connectivity index (χ0) is 20.2. The number of amides is 1. The number of hydrogen-bond acceptors (Lipinski definition) is 4. The molecule has 3 heterocycles. The van der Waals surface area contributed by atoms with Crippen LogP contribution in [0.4, 0.5) is 0 Å². The Morgan fingerprint density at radius 2 is 2.00 bits per heavy atom. The molecule has 1 amide bonds. The number of para-hydroxylation sites is 1. The van der Waals surface area contributed by atoms with Gasteiger partial charge in [0.2, 0.25) is 0 Å². The maximum Gasteiger partial charge on any atom is 0.253 e. The number of piperidine rings is 1. The van der Waals surface area contributed by atoms with E-state index in [2.05, 4.69) is 10.2 Å². The number of aromatic amines is 1. The van der Waals surface area contributed by atoms with Crippen molar-refractivity contribution in [1.29, 1.82) is 0 Å². The van der Waals surface area contributed by atoms with Crippen molar-refractivity contribution in [3.05, 3.63) is 59.3 Å². The van der Waals surface area contributed by atoms with Gasteiger partial charge in [0.25, 0.3) is 5.91 Å². The number of likely N-dealkylation sites (tertiary alicyclic amines) is 1. The number of ketones is 1. The van der Waals surface area contributed by atoms with E-state index in [1.54, 1.807) is 6.20 Å². The second kappa shape index (κ2) is 6.44. The van der Waals surface area contributed by atoms with Gasteiger partial charge in [0.15, 0.2) is 5.78 Å². The SMILES string of the molecule is Cc1cc(C(=O)N2CCC3(CC2)Oc2ccccc2C(=O)C3C)cc2cn[nH]c12. The number of carbonyl (C=O) groups excluding carboxylic acids is 2. The molecule has 2 aliphatic rings. The van der Waals surface area contributed by atoms with Crippen LogP contribution >= 0.6 is 0 Å². The summed E-state index contributed by atoms with van der Waals surface area (Å²) in [5.74, 6) is 0.587. The van der Waals surface area contributed by atoms with E-state index in [9.17, 15) is 9.59 Å². The summed E-state index contributed by atoms with van der Waals surface area (Å²) in [6, 6.07) is 11.2. The minimum Gasteiger partial charge on any atom is -0.486 e. The van der Waals surface area contributed by atoms with E-state index in [1.165, 1.54) is 0 Å². The van der Waals surface area contributed by atoms with Crippen molar-refractivity contribution in [2.24, 2.45) is 5.92 Å². The first-order valence-electron chi connectivity index (χ1n) is 10.0. The predicted molar refractivity (Wildman–Crippen MR) is 109 cm³/mol. The van der Waals surface area contributed by atoms with Crippen molar-refractivity contribution in [1.82, 2.24) is 15.1 Å². The Kier molecular flexibility index (Phi) is 3.98. The number of fused-ring (bicyclic) bond motifs is 2. The summed E-state index contributed by atoms with van der Waals surface area (Å²) < 4.78 is 6.37. The van der Waals surface area contributed by atoms with Gasteiger partial charge >= 0.3 is 0 Å². The average molecular weight is 389 g/mol. The zero-order valence-electron chi connectivity index (χ0n) is 16.6. The second-order valence-corrected chi connectivity index (χ2v) is 8.17. The molecular formula is C23H23N3O3. The van der Waals surface area contributed by atoms with Gasteiger partial charge in [-0.3, -0.25) is 14.7 Å². The van der Waals surface area contributed by atoms with E-state index in [0.717, 1.165) is 16.5 Å². The second-order valence-electron chi connectivity index (χ2n) is 8.17. The summed E-state index contributed by atoms with van der Waals surface area (Å²) in [5, 5.41) is 7.97. The number of rotatable bonds is 1. The fraction of sp³-hybridized carbons (Fsp3) is 0.348. The molecule has 0 radical (unpaired) electrons. The Bertz CT molecular complexity index is 1130. The standard InChI is InChI=1S/C23H23N3O3/c1-14-11-16(12-17-13-24-25-20(14)17)22(28)26-9-7-23(8-10-26)15(2)21(27)18-5-3-4-6-19(18)29-23/h3-6,11-13,15H,7-10H2,1-2H3,(H,24,25). The van der Waals surface area contributed by atoms with E-state index in [4.69, 9.17) is 4.74 Å². The van der Waals surface area contributed by atoms with Gasteiger partial charge in [-0.2, -0.15) is 5.10 Å². The zero-order valence-corrected chi connectivity index (χ0v) is 16.6. The summed E-state index contributed by atoms with van der Waals surface area (Å²) in [6.45, 7) is 5.07. The topological polar surface area (TPSA) is 75.3 Å². The molecule has 3 aromatic rings. The molecule has 2 aliphatic heterocycles. The fourth-order valence-corrected chi connectivity index (χ4v) is 4.70. The first-order chi connectivity index (χ1) is 14.0. The van der Waals surface area contributed by atoms with Crippen LogP contribution in [0.25, 0.3) is 10.9 Å². The van der Waals surface area contributed by atoms with Gasteiger partial charge in [-0.25, -0.2) is 0 Å². The van der Waals surface area contributed by atoms with Gasteiger partial charge in [-0.1, -0.05) is 19.1 Å². The van der Waals surface area contributed by atoms with E-state index in [0.29, 0.717) is 42.8 Å². The Balaban J connectivity index is 1.37. The first-order valence-corrected chi connectivity index (χ1v) is 10.0.